The Morgan fingerprint density at radius 2 is 2.00 bits per heavy atom. The van der Waals surface area contributed by atoms with E-state index >= 15 is 0 Å². The molecule has 0 spiro atoms. The quantitative estimate of drug-likeness (QED) is 0.681. The Kier molecular flexibility index (Phi) is 6.12. The van der Waals surface area contributed by atoms with E-state index < -0.39 is 0 Å². The highest BCUT2D eigenvalue weighted by Gasteiger charge is 2.27. The summed E-state index contributed by atoms with van der Waals surface area (Å²) in [6.45, 7) is 7.38. The van der Waals surface area contributed by atoms with Crippen molar-refractivity contribution in [3.05, 3.63) is 0 Å². The summed E-state index contributed by atoms with van der Waals surface area (Å²) in [6.07, 6.45) is 1.81. The zero-order valence-electron chi connectivity index (χ0n) is 11.6. The fraction of sp³-hybridized carbons (Fsp3) is 0.846. The molecule has 1 heterocycles. The molecule has 0 saturated carbocycles. The number of nitrogens with zero attached hydrogens (tertiary/aromatic N) is 2. The van der Waals surface area contributed by atoms with Crippen LogP contribution in [0.4, 0.5) is 0 Å². The predicted molar refractivity (Wildman–Crippen MR) is 69.1 cm³/mol. The van der Waals surface area contributed by atoms with Crippen LogP contribution in [0.1, 0.15) is 26.7 Å². The van der Waals surface area contributed by atoms with Gasteiger partial charge in [-0.3, -0.25) is 14.5 Å². The first-order chi connectivity index (χ1) is 8.62. The maximum absolute atomic E-state index is 12.0. The summed E-state index contributed by atoms with van der Waals surface area (Å²) in [6, 6.07) is 0. The normalized spacial score (nSPS) is 20.5. The molecule has 1 amide bonds. The summed E-state index contributed by atoms with van der Waals surface area (Å²) in [5, 5.41) is 0. The van der Waals surface area contributed by atoms with Crippen LogP contribution < -0.4 is 0 Å². The van der Waals surface area contributed by atoms with Gasteiger partial charge in [-0.25, -0.2) is 0 Å². The largest absolute Gasteiger partial charge is 0.469 e. The van der Waals surface area contributed by atoms with Gasteiger partial charge in [-0.2, -0.15) is 0 Å². The topological polar surface area (TPSA) is 49.9 Å². The third-order valence-corrected chi connectivity index (χ3v) is 3.52. The number of methoxy groups -OCH3 is 1. The molecule has 1 fully saturated rings. The lowest BCUT2D eigenvalue weighted by atomic mass is 9.98. The standard InChI is InChI=1S/C13H24N2O3/c1-4-15(5-2)12(16)10-14-8-6-7-11(9-14)13(17)18-3/h11H,4-10H2,1-3H3. The maximum atomic E-state index is 12.0. The van der Waals surface area contributed by atoms with Gasteiger partial charge >= 0.3 is 5.97 Å². The van der Waals surface area contributed by atoms with Crippen LogP contribution >= 0.6 is 0 Å². The molecule has 1 rings (SSSR count). The molecule has 5 nitrogen and oxygen atoms in total. The van der Waals surface area contributed by atoms with E-state index in [0.29, 0.717) is 13.1 Å². The predicted octanol–water partition coefficient (Wildman–Crippen LogP) is 0.740. The molecule has 1 unspecified atom stereocenters. The Morgan fingerprint density at radius 1 is 1.33 bits per heavy atom. The Morgan fingerprint density at radius 3 is 2.56 bits per heavy atom. The minimum Gasteiger partial charge on any atom is -0.469 e. The first-order valence-electron chi connectivity index (χ1n) is 6.70. The highest BCUT2D eigenvalue weighted by atomic mass is 16.5. The van der Waals surface area contributed by atoms with Gasteiger partial charge in [-0.15, -0.1) is 0 Å². The van der Waals surface area contributed by atoms with Crippen molar-refractivity contribution in [3.63, 3.8) is 0 Å². The number of carbonyl (C=O) groups excluding carboxylic acids is 2. The van der Waals surface area contributed by atoms with E-state index in [1.54, 1.807) is 0 Å². The van der Waals surface area contributed by atoms with Crippen LogP contribution in [0, 0.1) is 5.92 Å². The molecule has 1 saturated heterocycles. The Hall–Kier alpha value is -1.10. The molecule has 1 aliphatic heterocycles. The highest BCUT2D eigenvalue weighted by molar-refractivity contribution is 5.78. The van der Waals surface area contributed by atoms with E-state index in [2.05, 4.69) is 4.90 Å². The van der Waals surface area contributed by atoms with Crippen molar-refractivity contribution in [1.29, 1.82) is 0 Å². The lowest BCUT2D eigenvalue weighted by Crippen LogP contribution is -2.45. The van der Waals surface area contributed by atoms with Crippen molar-refractivity contribution in [2.45, 2.75) is 26.7 Å². The second kappa shape index (κ2) is 7.36. The number of hydrogen-bond donors (Lipinski definition) is 0. The summed E-state index contributed by atoms with van der Waals surface area (Å²) in [4.78, 5) is 27.4. The molecule has 1 aliphatic rings. The molecular weight excluding hydrogens is 232 g/mol. The fourth-order valence-electron chi connectivity index (χ4n) is 2.43. The molecule has 5 heteroatoms. The number of esters is 1. The van der Waals surface area contributed by atoms with Gasteiger partial charge in [0.25, 0.3) is 0 Å². The smallest absolute Gasteiger partial charge is 0.309 e. The van der Waals surface area contributed by atoms with Crippen molar-refractivity contribution in [2.75, 3.05) is 39.8 Å². The van der Waals surface area contributed by atoms with Crippen molar-refractivity contribution in [2.24, 2.45) is 5.92 Å². The molecule has 0 bridgehead atoms. The molecule has 1 atom stereocenters. The number of carbonyl (C=O) groups is 2. The molecule has 0 radical (unpaired) electrons. The van der Waals surface area contributed by atoms with Crippen molar-refractivity contribution >= 4 is 11.9 Å². The second-order valence-electron chi connectivity index (χ2n) is 4.66. The van der Waals surface area contributed by atoms with Gasteiger partial charge in [-0.05, 0) is 33.2 Å². The van der Waals surface area contributed by atoms with Crippen molar-refractivity contribution < 1.29 is 14.3 Å². The van der Waals surface area contributed by atoms with Crippen LogP contribution in [0.3, 0.4) is 0 Å². The average Bonchev–Trinajstić information content (AvgIpc) is 2.39. The number of likely N-dealkylation sites (tertiary alicyclic amines) is 1. The number of rotatable bonds is 5. The summed E-state index contributed by atoms with van der Waals surface area (Å²) in [7, 11) is 1.42. The number of piperidine rings is 1. The monoisotopic (exact) mass is 256 g/mol. The van der Waals surface area contributed by atoms with Gasteiger partial charge < -0.3 is 9.64 Å². The van der Waals surface area contributed by atoms with Gasteiger partial charge in [-0.1, -0.05) is 0 Å². The molecule has 0 aromatic carbocycles. The van der Waals surface area contributed by atoms with Crippen LogP contribution in [0.5, 0.6) is 0 Å². The lowest BCUT2D eigenvalue weighted by Gasteiger charge is -2.32. The Bertz CT molecular complexity index is 290. The fourth-order valence-corrected chi connectivity index (χ4v) is 2.43. The van der Waals surface area contributed by atoms with E-state index in [0.717, 1.165) is 32.5 Å². The van der Waals surface area contributed by atoms with Crippen molar-refractivity contribution in [1.82, 2.24) is 9.80 Å². The number of amides is 1. The Labute approximate surface area is 109 Å². The summed E-state index contributed by atoms with van der Waals surface area (Å²) >= 11 is 0. The number of likely N-dealkylation sites (N-methyl/N-ethyl adjacent to an activating group) is 1. The first-order valence-corrected chi connectivity index (χ1v) is 6.70. The SMILES string of the molecule is CCN(CC)C(=O)CN1CCCC(C(=O)OC)C1. The molecule has 104 valence electrons. The molecule has 0 aromatic heterocycles. The van der Waals surface area contributed by atoms with Gasteiger partial charge in [0.2, 0.25) is 5.91 Å². The highest BCUT2D eigenvalue weighted by Crippen LogP contribution is 2.17. The third-order valence-electron chi connectivity index (χ3n) is 3.52. The van der Waals surface area contributed by atoms with Gasteiger partial charge in [0.1, 0.15) is 0 Å². The van der Waals surface area contributed by atoms with Crippen molar-refractivity contribution in [3.8, 4) is 0 Å². The third kappa shape index (κ3) is 3.98. The van der Waals surface area contributed by atoms with Gasteiger partial charge in [0.15, 0.2) is 0 Å². The van der Waals surface area contributed by atoms with Gasteiger partial charge in [0.05, 0.1) is 19.6 Å². The summed E-state index contributed by atoms with van der Waals surface area (Å²) in [5.41, 5.74) is 0. The number of hydrogen-bond acceptors (Lipinski definition) is 4. The maximum Gasteiger partial charge on any atom is 0.309 e. The van der Waals surface area contributed by atoms with Crippen LogP contribution in [0.25, 0.3) is 0 Å². The summed E-state index contributed by atoms with van der Waals surface area (Å²) in [5.74, 6) is -0.0891. The van der Waals surface area contributed by atoms with E-state index in [1.165, 1.54) is 7.11 Å². The molecule has 0 N–H and O–H groups in total. The average molecular weight is 256 g/mol. The zero-order chi connectivity index (χ0) is 13.5. The minimum atomic E-state index is -0.157. The first kappa shape index (κ1) is 15.0. The number of ether oxygens (including phenoxy) is 1. The second-order valence-corrected chi connectivity index (χ2v) is 4.66. The minimum absolute atomic E-state index is 0.0757. The van der Waals surface area contributed by atoms with E-state index in [4.69, 9.17) is 4.74 Å². The van der Waals surface area contributed by atoms with E-state index in [-0.39, 0.29) is 17.8 Å². The van der Waals surface area contributed by atoms with Crippen LogP contribution in [0.2, 0.25) is 0 Å². The Balaban J connectivity index is 2.47. The summed E-state index contributed by atoms with van der Waals surface area (Å²) < 4.78 is 4.77. The van der Waals surface area contributed by atoms with Gasteiger partial charge in [0, 0.05) is 19.6 Å². The van der Waals surface area contributed by atoms with Crippen LogP contribution in [0.15, 0.2) is 0 Å². The molecular formula is C13H24N2O3. The zero-order valence-corrected chi connectivity index (χ0v) is 11.6. The molecule has 18 heavy (non-hydrogen) atoms. The molecule has 0 aliphatic carbocycles. The van der Waals surface area contributed by atoms with Crippen LogP contribution in [-0.2, 0) is 14.3 Å². The lowest BCUT2D eigenvalue weighted by molar-refractivity contribution is -0.148. The van der Waals surface area contributed by atoms with E-state index in [1.807, 2.05) is 18.7 Å². The van der Waals surface area contributed by atoms with Crippen LogP contribution in [-0.4, -0.2) is 61.5 Å². The van der Waals surface area contributed by atoms with E-state index in [9.17, 15) is 9.59 Å². The molecule has 0 aromatic rings.